The summed E-state index contributed by atoms with van der Waals surface area (Å²) in [6.07, 6.45) is 3.03. The summed E-state index contributed by atoms with van der Waals surface area (Å²) in [6.45, 7) is 12.9. The molecule has 0 saturated carbocycles. The van der Waals surface area contributed by atoms with Gasteiger partial charge in [-0.15, -0.1) is 0 Å². The lowest BCUT2D eigenvalue weighted by atomic mass is 10.0. The predicted octanol–water partition coefficient (Wildman–Crippen LogP) is 3.64. The largest absolute Gasteiger partial charge is 0.468 e. The van der Waals surface area contributed by atoms with E-state index in [2.05, 4.69) is 57.9 Å². The average Bonchev–Trinajstić information content (AvgIpc) is 2.72. The molecule has 0 aliphatic heterocycles. The smallest absolute Gasteiger partial charge is 0.122 e. The Hall–Kier alpha value is -0.800. The van der Waals surface area contributed by atoms with Gasteiger partial charge in [0.15, 0.2) is 0 Å². The SMILES string of the molecule is CC(C)CC(C)N(C)Cc1ccoc1CNC(C)C. The monoisotopic (exact) mass is 266 g/mol. The van der Waals surface area contributed by atoms with Crippen molar-refractivity contribution in [3.8, 4) is 0 Å². The van der Waals surface area contributed by atoms with E-state index in [4.69, 9.17) is 4.42 Å². The second kappa shape index (κ2) is 7.71. The van der Waals surface area contributed by atoms with Crippen LogP contribution in [0, 0.1) is 5.92 Å². The Morgan fingerprint density at radius 1 is 1.21 bits per heavy atom. The molecule has 1 rings (SSSR count). The fraction of sp³-hybridized carbons (Fsp3) is 0.750. The van der Waals surface area contributed by atoms with Crippen LogP contribution < -0.4 is 5.32 Å². The standard InChI is InChI=1S/C16H30N2O/c1-12(2)9-14(5)18(6)11-15-7-8-19-16(15)10-17-13(3)4/h7-8,12-14,17H,9-11H2,1-6H3. The first-order valence-corrected chi connectivity index (χ1v) is 7.39. The number of hydrogen-bond donors (Lipinski definition) is 1. The van der Waals surface area contributed by atoms with E-state index in [1.54, 1.807) is 6.26 Å². The maximum Gasteiger partial charge on any atom is 0.122 e. The zero-order valence-corrected chi connectivity index (χ0v) is 13.4. The van der Waals surface area contributed by atoms with Gasteiger partial charge >= 0.3 is 0 Å². The highest BCUT2D eigenvalue weighted by Gasteiger charge is 2.14. The van der Waals surface area contributed by atoms with Gasteiger partial charge in [0.2, 0.25) is 0 Å². The molecule has 0 amide bonds. The van der Waals surface area contributed by atoms with Crippen molar-refractivity contribution in [2.45, 2.75) is 66.2 Å². The third-order valence-corrected chi connectivity index (χ3v) is 3.49. The fourth-order valence-electron chi connectivity index (χ4n) is 2.25. The highest BCUT2D eigenvalue weighted by molar-refractivity contribution is 5.17. The first kappa shape index (κ1) is 16.3. The lowest BCUT2D eigenvalue weighted by Gasteiger charge is -2.26. The van der Waals surface area contributed by atoms with Crippen molar-refractivity contribution in [2.24, 2.45) is 5.92 Å². The molecule has 0 spiro atoms. The third kappa shape index (κ3) is 5.79. The minimum absolute atomic E-state index is 0.482. The van der Waals surface area contributed by atoms with Crippen molar-refractivity contribution in [2.75, 3.05) is 7.05 Å². The zero-order chi connectivity index (χ0) is 14.4. The van der Waals surface area contributed by atoms with E-state index in [-0.39, 0.29) is 0 Å². The van der Waals surface area contributed by atoms with Gasteiger partial charge in [-0.25, -0.2) is 0 Å². The van der Waals surface area contributed by atoms with Crippen molar-refractivity contribution < 1.29 is 4.42 Å². The molecule has 1 heterocycles. The summed E-state index contributed by atoms with van der Waals surface area (Å²) in [5.74, 6) is 1.81. The van der Waals surface area contributed by atoms with Crippen LogP contribution in [-0.2, 0) is 13.1 Å². The molecule has 3 nitrogen and oxygen atoms in total. The minimum atomic E-state index is 0.482. The predicted molar refractivity (Wildman–Crippen MR) is 81.1 cm³/mol. The molecule has 0 saturated heterocycles. The quantitative estimate of drug-likeness (QED) is 0.778. The Bertz CT molecular complexity index is 357. The van der Waals surface area contributed by atoms with Gasteiger partial charge in [-0.05, 0) is 32.4 Å². The van der Waals surface area contributed by atoms with Crippen molar-refractivity contribution in [3.63, 3.8) is 0 Å². The summed E-state index contributed by atoms with van der Waals surface area (Å²) < 4.78 is 5.59. The molecule has 0 fully saturated rings. The van der Waals surface area contributed by atoms with E-state index in [0.717, 1.165) is 24.8 Å². The Morgan fingerprint density at radius 2 is 1.89 bits per heavy atom. The molecule has 1 aromatic rings. The Morgan fingerprint density at radius 3 is 2.47 bits per heavy atom. The van der Waals surface area contributed by atoms with Gasteiger partial charge in [0.1, 0.15) is 5.76 Å². The number of nitrogens with zero attached hydrogens (tertiary/aromatic N) is 1. The highest BCUT2D eigenvalue weighted by atomic mass is 16.3. The number of nitrogens with one attached hydrogen (secondary N) is 1. The first-order chi connectivity index (χ1) is 8.90. The summed E-state index contributed by atoms with van der Waals surface area (Å²) in [4.78, 5) is 2.41. The van der Waals surface area contributed by atoms with Crippen molar-refractivity contribution in [1.82, 2.24) is 10.2 Å². The molecule has 0 aromatic carbocycles. The molecule has 1 N–H and O–H groups in total. The lowest BCUT2D eigenvalue weighted by Crippen LogP contribution is -2.30. The van der Waals surface area contributed by atoms with Crippen LogP contribution >= 0.6 is 0 Å². The number of rotatable bonds is 8. The van der Waals surface area contributed by atoms with E-state index in [0.29, 0.717) is 12.1 Å². The molecule has 0 aliphatic rings. The Kier molecular flexibility index (Phi) is 6.59. The van der Waals surface area contributed by atoms with Crippen LogP contribution in [0.4, 0.5) is 0 Å². The molecule has 110 valence electrons. The van der Waals surface area contributed by atoms with Crippen LogP contribution in [0.25, 0.3) is 0 Å². The van der Waals surface area contributed by atoms with Crippen molar-refractivity contribution >= 4 is 0 Å². The normalized spacial score (nSPS) is 13.7. The maximum atomic E-state index is 5.59. The van der Waals surface area contributed by atoms with Crippen molar-refractivity contribution in [3.05, 3.63) is 23.7 Å². The number of hydrogen-bond acceptors (Lipinski definition) is 3. The Labute approximate surface area is 118 Å². The van der Waals surface area contributed by atoms with Gasteiger partial charge in [0, 0.05) is 24.2 Å². The van der Waals surface area contributed by atoms with Gasteiger partial charge < -0.3 is 9.73 Å². The summed E-state index contributed by atoms with van der Waals surface area (Å²) in [7, 11) is 2.19. The molecule has 0 bridgehead atoms. The summed E-state index contributed by atoms with van der Waals surface area (Å²) >= 11 is 0. The van der Waals surface area contributed by atoms with Crippen LogP contribution in [0.2, 0.25) is 0 Å². The van der Waals surface area contributed by atoms with E-state index >= 15 is 0 Å². The van der Waals surface area contributed by atoms with Crippen molar-refractivity contribution in [1.29, 1.82) is 0 Å². The van der Waals surface area contributed by atoms with E-state index < -0.39 is 0 Å². The van der Waals surface area contributed by atoms with Gasteiger partial charge in [-0.1, -0.05) is 27.7 Å². The second-order valence-electron chi connectivity index (χ2n) is 6.30. The molecular weight excluding hydrogens is 236 g/mol. The molecule has 3 heteroatoms. The van der Waals surface area contributed by atoms with Crippen LogP contribution in [0.3, 0.4) is 0 Å². The van der Waals surface area contributed by atoms with Gasteiger partial charge in [0.25, 0.3) is 0 Å². The van der Waals surface area contributed by atoms with Gasteiger partial charge in [0.05, 0.1) is 12.8 Å². The molecular formula is C16H30N2O. The topological polar surface area (TPSA) is 28.4 Å². The summed E-state index contributed by atoms with van der Waals surface area (Å²) in [6, 6.07) is 3.17. The van der Waals surface area contributed by atoms with Crippen LogP contribution in [0.1, 0.15) is 52.4 Å². The Balaban J connectivity index is 2.54. The van der Waals surface area contributed by atoms with Gasteiger partial charge in [-0.2, -0.15) is 0 Å². The molecule has 1 atom stereocenters. The molecule has 1 aromatic heterocycles. The average molecular weight is 266 g/mol. The highest BCUT2D eigenvalue weighted by Crippen LogP contribution is 2.17. The lowest BCUT2D eigenvalue weighted by molar-refractivity contribution is 0.219. The first-order valence-electron chi connectivity index (χ1n) is 7.39. The van der Waals surface area contributed by atoms with Crippen LogP contribution in [-0.4, -0.2) is 24.0 Å². The molecule has 19 heavy (non-hydrogen) atoms. The van der Waals surface area contributed by atoms with E-state index in [1.807, 2.05) is 0 Å². The maximum absolute atomic E-state index is 5.59. The van der Waals surface area contributed by atoms with Crippen LogP contribution in [0.5, 0.6) is 0 Å². The zero-order valence-electron chi connectivity index (χ0n) is 13.4. The molecule has 1 unspecified atom stereocenters. The molecule has 0 radical (unpaired) electrons. The fourth-order valence-corrected chi connectivity index (χ4v) is 2.25. The van der Waals surface area contributed by atoms with E-state index in [9.17, 15) is 0 Å². The third-order valence-electron chi connectivity index (χ3n) is 3.49. The summed E-state index contributed by atoms with van der Waals surface area (Å²) in [5, 5.41) is 3.41. The second-order valence-corrected chi connectivity index (χ2v) is 6.30. The van der Waals surface area contributed by atoms with Crippen LogP contribution in [0.15, 0.2) is 16.7 Å². The van der Waals surface area contributed by atoms with E-state index in [1.165, 1.54) is 12.0 Å². The minimum Gasteiger partial charge on any atom is -0.468 e. The number of furan rings is 1. The van der Waals surface area contributed by atoms with Gasteiger partial charge in [-0.3, -0.25) is 4.90 Å². The molecule has 0 aliphatic carbocycles. The summed E-state index contributed by atoms with van der Waals surface area (Å²) in [5.41, 5.74) is 1.30.